The molecule has 1 fully saturated rings. The molecule has 1 spiro atoms. The number of hydrogen-bond donors (Lipinski definition) is 1. The second kappa shape index (κ2) is 6.76. The van der Waals surface area contributed by atoms with E-state index in [1.807, 2.05) is 24.4 Å². The summed E-state index contributed by atoms with van der Waals surface area (Å²) in [5.41, 5.74) is 3.88. The van der Waals surface area contributed by atoms with Crippen LogP contribution in [0.5, 0.6) is 0 Å². The largest absolute Gasteiger partial charge is 0.304 e. The van der Waals surface area contributed by atoms with Crippen LogP contribution in [0.4, 0.5) is 0 Å². The summed E-state index contributed by atoms with van der Waals surface area (Å²) in [5.74, 6) is 0. The first-order valence-corrected chi connectivity index (χ1v) is 11.0. The molecule has 2 aliphatic rings. The highest BCUT2D eigenvalue weighted by Gasteiger charge is 2.46. The molecule has 0 unspecified atom stereocenters. The first-order chi connectivity index (χ1) is 12.5. The summed E-state index contributed by atoms with van der Waals surface area (Å²) in [6.07, 6.45) is 5.93. The van der Waals surface area contributed by atoms with Gasteiger partial charge in [-0.3, -0.25) is 4.98 Å². The number of benzene rings is 1. The van der Waals surface area contributed by atoms with Gasteiger partial charge in [0, 0.05) is 31.9 Å². The molecule has 1 aliphatic carbocycles. The molecule has 1 N–H and O–H groups in total. The third-order valence-corrected chi connectivity index (χ3v) is 7.21. The van der Waals surface area contributed by atoms with Crippen LogP contribution in [0.15, 0.2) is 48.7 Å². The molecule has 6 heteroatoms. The van der Waals surface area contributed by atoms with Gasteiger partial charge >= 0.3 is 0 Å². The van der Waals surface area contributed by atoms with E-state index in [0.29, 0.717) is 13.1 Å². The van der Waals surface area contributed by atoms with E-state index in [2.05, 4.69) is 34.6 Å². The second-order valence-corrected chi connectivity index (χ2v) is 9.47. The molecule has 2 heterocycles. The fourth-order valence-corrected chi connectivity index (χ4v) is 5.37. The van der Waals surface area contributed by atoms with Crippen LogP contribution in [0.2, 0.25) is 0 Å². The molecule has 1 atom stereocenters. The van der Waals surface area contributed by atoms with Crippen molar-refractivity contribution in [2.75, 3.05) is 19.3 Å². The number of sulfonamides is 1. The number of nitrogens with one attached hydrogen (secondary N) is 1. The highest BCUT2D eigenvalue weighted by atomic mass is 32.2. The van der Waals surface area contributed by atoms with Gasteiger partial charge in [-0.15, -0.1) is 0 Å². The Kier molecular flexibility index (Phi) is 4.59. The molecule has 1 aliphatic heterocycles. The fraction of sp³-hybridized carbons (Fsp3) is 0.450. The molecular formula is C20H25N3O2S. The van der Waals surface area contributed by atoms with E-state index in [9.17, 15) is 8.42 Å². The average molecular weight is 372 g/mol. The zero-order valence-corrected chi connectivity index (χ0v) is 15.9. The van der Waals surface area contributed by atoms with Gasteiger partial charge in [0.15, 0.2) is 0 Å². The van der Waals surface area contributed by atoms with Crippen molar-refractivity contribution in [1.29, 1.82) is 0 Å². The maximum Gasteiger partial charge on any atom is 0.211 e. The monoisotopic (exact) mass is 371 g/mol. The average Bonchev–Trinajstić information content (AvgIpc) is 2.94. The Balaban J connectivity index is 1.54. The summed E-state index contributed by atoms with van der Waals surface area (Å²) >= 11 is 0. The lowest BCUT2D eigenvalue weighted by Crippen LogP contribution is -2.44. The molecular weight excluding hydrogens is 346 g/mol. The molecule has 26 heavy (non-hydrogen) atoms. The minimum absolute atomic E-state index is 0.0829. The number of pyridine rings is 1. The quantitative estimate of drug-likeness (QED) is 0.897. The van der Waals surface area contributed by atoms with E-state index in [0.717, 1.165) is 31.5 Å². The van der Waals surface area contributed by atoms with Crippen molar-refractivity contribution in [2.24, 2.45) is 0 Å². The van der Waals surface area contributed by atoms with Crippen molar-refractivity contribution < 1.29 is 8.42 Å². The van der Waals surface area contributed by atoms with Gasteiger partial charge in [-0.25, -0.2) is 12.7 Å². The maximum atomic E-state index is 11.9. The van der Waals surface area contributed by atoms with E-state index in [1.54, 1.807) is 4.31 Å². The first kappa shape index (κ1) is 17.6. The third kappa shape index (κ3) is 3.29. The van der Waals surface area contributed by atoms with Crippen molar-refractivity contribution in [3.05, 3.63) is 65.5 Å². The zero-order chi connectivity index (χ0) is 18.2. The van der Waals surface area contributed by atoms with Gasteiger partial charge < -0.3 is 5.32 Å². The Labute approximate surface area is 155 Å². The van der Waals surface area contributed by atoms with Gasteiger partial charge in [-0.2, -0.15) is 0 Å². The van der Waals surface area contributed by atoms with Crippen molar-refractivity contribution in [3.8, 4) is 0 Å². The van der Waals surface area contributed by atoms with Crippen LogP contribution in [0.25, 0.3) is 0 Å². The Hall–Kier alpha value is -1.76. The minimum Gasteiger partial charge on any atom is -0.304 e. The van der Waals surface area contributed by atoms with Crippen LogP contribution < -0.4 is 5.32 Å². The van der Waals surface area contributed by atoms with E-state index >= 15 is 0 Å². The molecule has 138 valence electrons. The zero-order valence-electron chi connectivity index (χ0n) is 15.1. The van der Waals surface area contributed by atoms with Gasteiger partial charge in [0.1, 0.15) is 0 Å². The van der Waals surface area contributed by atoms with E-state index < -0.39 is 10.0 Å². The van der Waals surface area contributed by atoms with E-state index in [-0.39, 0.29) is 11.5 Å². The van der Waals surface area contributed by atoms with Crippen molar-refractivity contribution in [1.82, 2.24) is 14.6 Å². The number of piperidine rings is 1. The van der Waals surface area contributed by atoms with Crippen molar-refractivity contribution in [2.45, 2.75) is 37.3 Å². The second-order valence-electron chi connectivity index (χ2n) is 7.49. The maximum absolute atomic E-state index is 11.9. The van der Waals surface area contributed by atoms with Gasteiger partial charge in [-0.1, -0.05) is 30.3 Å². The van der Waals surface area contributed by atoms with Crippen LogP contribution in [0.1, 0.15) is 42.1 Å². The number of hydrogen-bond acceptors (Lipinski definition) is 4. The summed E-state index contributed by atoms with van der Waals surface area (Å²) in [7, 11) is -3.10. The molecule has 1 aromatic carbocycles. The van der Waals surface area contributed by atoms with Crippen LogP contribution >= 0.6 is 0 Å². The molecule has 1 saturated heterocycles. The predicted molar refractivity (Wildman–Crippen MR) is 102 cm³/mol. The Morgan fingerprint density at radius 2 is 1.88 bits per heavy atom. The molecule has 2 aromatic rings. The van der Waals surface area contributed by atoms with E-state index in [1.165, 1.54) is 17.4 Å². The van der Waals surface area contributed by atoms with Crippen LogP contribution in [-0.4, -0.2) is 37.1 Å². The molecule has 0 saturated carbocycles. The predicted octanol–water partition coefficient (Wildman–Crippen LogP) is 2.61. The Morgan fingerprint density at radius 3 is 2.58 bits per heavy atom. The lowest BCUT2D eigenvalue weighted by atomic mass is 9.74. The molecule has 4 rings (SSSR count). The van der Waals surface area contributed by atoms with E-state index in [4.69, 9.17) is 0 Å². The lowest BCUT2D eigenvalue weighted by molar-refractivity contribution is 0.220. The minimum atomic E-state index is -3.10. The fourth-order valence-electron chi connectivity index (χ4n) is 4.53. The number of fused-ring (bicyclic) bond motifs is 2. The number of nitrogens with zero attached hydrogens (tertiary/aromatic N) is 2. The van der Waals surface area contributed by atoms with Gasteiger partial charge in [-0.05, 0) is 47.9 Å². The number of rotatable bonds is 4. The highest BCUT2D eigenvalue weighted by Crippen LogP contribution is 2.50. The van der Waals surface area contributed by atoms with Crippen molar-refractivity contribution >= 4 is 10.0 Å². The van der Waals surface area contributed by atoms with Crippen LogP contribution in [-0.2, 0) is 22.0 Å². The first-order valence-electron chi connectivity index (χ1n) is 9.16. The molecule has 0 bridgehead atoms. The standard InChI is InChI=1S/C20H25N3O2S/c1-26(24,25)23-12-9-20(10-13-23)14-19(17-7-2-3-8-18(17)20)22-15-16-6-4-5-11-21-16/h2-8,11,19,22H,9-10,12-15H2,1H3/t19-/m1/s1. The smallest absolute Gasteiger partial charge is 0.211 e. The summed E-state index contributed by atoms with van der Waals surface area (Å²) in [5, 5.41) is 3.67. The SMILES string of the molecule is CS(=O)(=O)N1CCC2(CC1)C[C@@H](NCc1ccccn1)c1ccccc12. The topological polar surface area (TPSA) is 62.3 Å². The molecule has 5 nitrogen and oxygen atoms in total. The summed E-state index contributed by atoms with van der Waals surface area (Å²) in [4.78, 5) is 4.40. The summed E-state index contributed by atoms with van der Waals surface area (Å²) in [6.45, 7) is 1.96. The van der Waals surface area contributed by atoms with Gasteiger partial charge in [0.25, 0.3) is 0 Å². The Bertz CT molecular complexity index is 875. The van der Waals surface area contributed by atoms with Crippen LogP contribution in [0.3, 0.4) is 0 Å². The van der Waals surface area contributed by atoms with Gasteiger partial charge in [0.2, 0.25) is 10.0 Å². The highest BCUT2D eigenvalue weighted by molar-refractivity contribution is 7.88. The van der Waals surface area contributed by atoms with Crippen molar-refractivity contribution in [3.63, 3.8) is 0 Å². The normalized spacial score (nSPS) is 22.4. The van der Waals surface area contributed by atoms with Gasteiger partial charge in [0.05, 0.1) is 11.9 Å². The van der Waals surface area contributed by atoms with Crippen LogP contribution in [0, 0.1) is 0 Å². The lowest BCUT2D eigenvalue weighted by Gasteiger charge is -2.39. The molecule has 0 amide bonds. The third-order valence-electron chi connectivity index (χ3n) is 5.91. The number of aromatic nitrogens is 1. The summed E-state index contributed by atoms with van der Waals surface area (Å²) in [6, 6.07) is 14.9. The molecule has 0 radical (unpaired) electrons. The summed E-state index contributed by atoms with van der Waals surface area (Å²) < 4.78 is 25.4. The Morgan fingerprint density at radius 1 is 1.15 bits per heavy atom. The molecule has 1 aromatic heterocycles.